The Morgan fingerprint density at radius 1 is 1.10 bits per heavy atom. The van der Waals surface area contributed by atoms with Gasteiger partial charge in [-0.05, 0) is 62.3 Å². The second kappa shape index (κ2) is 4.45. The Morgan fingerprint density at radius 3 is 2.25 bits per heavy atom. The first-order valence-corrected chi connectivity index (χ1v) is 7.83. The third kappa shape index (κ3) is 2.03. The third-order valence-corrected chi connectivity index (χ3v) is 5.56. The van der Waals surface area contributed by atoms with E-state index < -0.39 is 0 Å². The molecule has 4 aliphatic carbocycles. The summed E-state index contributed by atoms with van der Waals surface area (Å²) >= 11 is 0. The molecule has 4 fully saturated rings. The van der Waals surface area contributed by atoms with E-state index in [0.717, 1.165) is 42.6 Å². The van der Waals surface area contributed by atoms with Crippen LogP contribution in [0.4, 0.5) is 4.39 Å². The molecule has 4 aliphatic rings. The molecule has 20 heavy (non-hydrogen) atoms. The molecule has 1 aromatic rings. The average molecular weight is 275 g/mol. The smallest absolute Gasteiger partial charge is 0.127 e. The molecule has 0 heterocycles. The monoisotopic (exact) mass is 275 g/mol. The molecule has 3 heteroatoms. The fourth-order valence-electron chi connectivity index (χ4n) is 5.18. The maximum Gasteiger partial charge on any atom is 0.127 e. The highest BCUT2D eigenvalue weighted by atomic mass is 19.1. The first-order chi connectivity index (χ1) is 9.66. The Balaban J connectivity index is 1.64. The maximum atomic E-state index is 13.5. The molecule has 0 spiro atoms. The van der Waals surface area contributed by atoms with Crippen LogP contribution in [-0.4, -0.2) is 5.60 Å². The number of hydrogen-bond donors (Lipinski definition) is 1. The molecule has 4 bridgehead atoms. The van der Waals surface area contributed by atoms with E-state index in [4.69, 9.17) is 10.5 Å². The summed E-state index contributed by atoms with van der Waals surface area (Å²) in [5.74, 6) is 2.93. The molecular formula is C17H22FNO. The maximum absolute atomic E-state index is 13.5. The number of benzene rings is 1. The van der Waals surface area contributed by atoms with Gasteiger partial charge < -0.3 is 10.5 Å². The summed E-state index contributed by atoms with van der Waals surface area (Å²) in [5, 5.41) is 0. The lowest BCUT2D eigenvalue weighted by molar-refractivity contribution is -0.108. The van der Waals surface area contributed by atoms with Gasteiger partial charge in [0.1, 0.15) is 17.2 Å². The van der Waals surface area contributed by atoms with Gasteiger partial charge >= 0.3 is 0 Å². The first kappa shape index (κ1) is 12.6. The molecule has 2 N–H and O–H groups in total. The van der Waals surface area contributed by atoms with Crippen LogP contribution in [0.25, 0.3) is 0 Å². The van der Waals surface area contributed by atoms with Gasteiger partial charge in [-0.15, -0.1) is 0 Å². The van der Waals surface area contributed by atoms with Gasteiger partial charge in [0.2, 0.25) is 0 Å². The molecule has 1 aromatic carbocycles. The third-order valence-electron chi connectivity index (χ3n) is 5.56. The lowest BCUT2D eigenvalue weighted by Crippen LogP contribution is -2.53. The number of halogens is 1. The molecule has 2 nitrogen and oxygen atoms in total. The minimum absolute atomic E-state index is 0.0353. The van der Waals surface area contributed by atoms with Crippen molar-refractivity contribution in [2.75, 3.05) is 0 Å². The van der Waals surface area contributed by atoms with E-state index in [9.17, 15) is 4.39 Å². The zero-order valence-electron chi connectivity index (χ0n) is 11.8. The molecule has 0 amide bonds. The SMILES string of the molecule is NCc1ccc(F)cc1OC12CC3CC(CC(C3)C1)C2. The fraction of sp³-hybridized carbons (Fsp3) is 0.647. The zero-order valence-corrected chi connectivity index (χ0v) is 11.8. The molecule has 5 rings (SSSR count). The Labute approximate surface area is 119 Å². The van der Waals surface area contributed by atoms with E-state index >= 15 is 0 Å². The summed E-state index contributed by atoms with van der Waals surface area (Å²) in [4.78, 5) is 0. The molecule has 0 aliphatic heterocycles. The van der Waals surface area contributed by atoms with Crippen LogP contribution in [0.1, 0.15) is 44.1 Å². The van der Waals surface area contributed by atoms with Gasteiger partial charge in [0.15, 0.2) is 0 Å². The highest BCUT2D eigenvalue weighted by Gasteiger charge is 2.52. The number of nitrogens with two attached hydrogens (primary N) is 1. The second-order valence-electron chi connectivity index (χ2n) is 7.16. The predicted octanol–water partition coefficient (Wildman–Crippen LogP) is 3.63. The van der Waals surface area contributed by atoms with Crippen LogP contribution in [0.5, 0.6) is 5.75 Å². The summed E-state index contributed by atoms with van der Waals surface area (Å²) in [6.45, 7) is 0.405. The number of ether oxygens (including phenoxy) is 1. The van der Waals surface area contributed by atoms with Gasteiger partial charge in [-0.25, -0.2) is 4.39 Å². The van der Waals surface area contributed by atoms with Crippen molar-refractivity contribution in [1.82, 2.24) is 0 Å². The van der Waals surface area contributed by atoms with Crippen molar-refractivity contribution in [2.45, 2.75) is 50.7 Å². The topological polar surface area (TPSA) is 35.2 Å². The second-order valence-corrected chi connectivity index (χ2v) is 7.16. The van der Waals surface area contributed by atoms with E-state index in [1.165, 1.54) is 31.4 Å². The zero-order chi connectivity index (χ0) is 13.7. The summed E-state index contributed by atoms with van der Waals surface area (Å²) in [5.41, 5.74) is 6.65. The first-order valence-electron chi connectivity index (χ1n) is 7.83. The van der Waals surface area contributed by atoms with E-state index in [1.807, 2.05) is 0 Å². The van der Waals surface area contributed by atoms with Crippen molar-refractivity contribution < 1.29 is 9.13 Å². The van der Waals surface area contributed by atoms with Crippen molar-refractivity contribution in [2.24, 2.45) is 23.5 Å². The molecular weight excluding hydrogens is 253 g/mol. The van der Waals surface area contributed by atoms with E-state index in [2.05, 4.69) is 0 Å². The van der Waals surface area contributed by atoms with Crippen molar-refractivity contribution in [3.05, 3.63) is 29.6 Å². The quantitative estimate of drug-likeness (QED) is 0.914. The molecule has 0 unspecified atom stereocenters. The van der Waals surface area contributed by atoms with Gasteiger partial charge in [-0.1, -0.05) is 6.07 Å². The van der Waals surface area contributed by atoms with Gasteiger partial charge in [0.05, 0.1) is 0 Å². The minimum atomic E-state index is -0.234. The summed E-state index contributed by atoms with van der Waals surface area (Å²) in [7, 11) is 0. The summed E-state index contributed by atoms with van der Waals surface area (Å²) in [6.07, 6.45) is 7.61. The molecule has 0 atom stereocenters. The largest absolute Gasteiger partial charge is 0.487 e. The van der Waals surface area contributed by atoms with Crippen LogP contribution in [0, 0.1) is 23.6 Å². The van der Waals surface area contributed by atoms with Crippen LogP contribution in [0.15, 0.2) is 18.2 Å². The fourth-order valence-corrected chi connectivity index (χ4v) is 5.18. The van der Waals surface area contributed by atoms with E-state index in [-0.39, 0.29) is 11.4 Å². The van der Waals surface area contributed by atoms with Gasteiger partial charge in [-0.2, -0.15) is 0 Å². The van der Waals surface area contributed by atoms with Crippen LogP contribution in [-0.2, 0) is 6.54 Å². The lowest BCUT2D eigenvalue weighted by Gasteiger charge is -2.56. The van der Waals surface area contributed by atoms with E-state index in [0.29, 0.717) is 12.3 Å². The highest BCUT2D eigenvalue weighted by molar-refractivity contribution is 5.35. The molecule has 0 aromatic heterocycles. The number of rotatable bonds is 3. The van der Waals surface area contributed by atoms with Crippen LogP contribution < -0.4 is 10.5 Å². The number of hydrogen-bond acceptors (Lipinski definition) is 2. The van der Waals surface area contributed by atoms with E-state index in [1.54, 1.807) is 6.07 Å². The van der Waals surface area contributed by atoms with Crippen LogP contribution >= 0.6 is 0 Å². The van der Waals surface area contributed by atoms with Gasteiger partial charge in [0, 0.05) is 18.2 Å². The predicted molar refractivity (Wildman–Crippen MR) is 75.8 cm³/mol. The Morgan fingerprint density at radius 2 is 1.70 bits per heavy atom. The van der Waals surface area contributed by atoms with Crippen molar-refractivity contribution in [3.8, 4) is 5.75 Å². The Kier molecular flexibility index (Phi) is 2.81. The Hall–Kier alpha value is -1.09. The minimum Gasteiger partial charge on any atom is -0.487 e. The normalized spacial score (nSPS) is 38.2. The lowest BCUT2D eigenvalue weighted by atomic mass is 9.54. The molecule has 0 radical (unpaired) electrons. The van der Waals surface area contributed by atoms with Gasteiger partial charge in [-0.3, -0.25) is 0 Å². The molecule has 4 saturated carbocycles. The Bertz CT molecular complexity index is 492. The molecule has 0 saturated heterocycles. The molecule has 108 valence electrons. The standard InChI is InChI=1S/C17H22FNO/c18-15-2-1-14(10-19)16(6-15)20-17-7-11-3-12(8-17)5-13(4-11)9-17/h1-2,6,11-13H,3-5,7-10,19H2. The summed E-state index contributed by atoms with van der Waals surface area (Å²) < 4.78 is 19.9. The van der Waals surface area contributed by atoms with Crippen molar-refractivity contribution >= 4 is 0 Å². The van der Waals surface area contributed by atoms with Crippen LogP contribution in [0.2, 0.25) is 0 Å². The van der Waals surface area contributed by atoms with Crippen molar-refractivity contribution in [3.63, 3.8) is 0 Å². The van der Waals surface area contributed by atoms with Crippen LogP contribution in [0.3, 0.4) is 0 Å². The summed E-state index contributed by atoms with van der Waals surface area (Å²) in [6, 6.07) is 4.74. The van der Waals surface area contributed by atoms with Crippen molar-refractivity contribution in [1.29, 1.82) is 0 Å². The average Bonchev–Trinajstić information content (AvgIpc) is 2.36. The highest BCUT2D eigenvalue weighted by Crippen LogP contribution is 2.57. The van der Waals surface area contributed by atoms with Gasteiger partial charge in [0.25, 0.3) is 0 Å².